The minimum atomic E-state index is 0.324. The van der Waals surface area contributed by atoms with Crippen molar-refractivity contribution in [3.63, 3.8) is 0 Å². The van der Waals surface area contributed by atoms with Gasteiger partial charge in [-0.1, -0.05) is 32.1 Å². The van der Waals surface area contributed by atoms with E-state index in [1.807, 2.05) is 36.1 Å². The van der Waals surface area contributed by atoms with Gasteiger partial charge in [-0.15, -0.1) is 5.10 Å². The van der Waals surface area contributed by atoms with Gasteiger partial charge < -0.3 is 9.64 Å². The Hall–Kier alpha value is -2.48. The lowest BCUT2D eigenvalue weighted by Gasteiger charge is -2.34. The predicted octanol–water partition coefficient (Wildman–Crippen LogP) is 3.07. The highest BCUT2D eigenvalue weighted by Gasteiger charge is 2.24. The summed E-state index contributed by atoms with van der Waals surface area (Å²) in [6.07, 6.45) is 8.44. The van der Waals surface area contributed by atoms with E-state index >= 15 is 0 Å². The Morgan fingerprint density at radius 3 is 2.52 bits per heavy atom. The Kier molecular flexibility index (Phi) is 7.51. The second-order valence-corrected chi connectivity index (χ2v) is 8.63. The number of carbonyl (C=O) groups is 1. The van der Waals surface area contributed by atoms with Crippen LogP contribution in [0.5, 0.6) is 5.75 Å². The average Bonchev–Trinajstić information content (AvgIpc) is 3.27. The summed E-state index contributed by atoms with van der Waals surface area (Å²) in [6, 6.07) is 7.80. The van der Waals surface area contributed by atoms with Crippen LogP contribution in [0.3, 0.4) is 0 Å². The topological polar surface area (TPSA) is 76.4 Å². The van der Waals surface area contributed by atoms with E-state index < -0.39 is 0 Å². The summed E-state index contributed by atoms with van der Waals surface area (Å²) in [5, 5.41) is 12.3. The molecule has 1 amide bonds. The van der Waals surface area contributed by atoms with E-state index in [-0.39, 0.29) is 0 Å². The Bertz CT molecular complexity index is 823. The van der Waals surface area contributed by atoms with Gasteiger partial charge in [0.05, 0.1) is 18.8 Å². The molecule has 0 radical (unpaired) electrons. The third-order valence-corrected chi connectivity index (χ3v) is 6.51. The Morgan fingerprint density at radius 1 is 1.06 bits per heavy atom. The molecule has 0 N–H and O–H groups in total. The van der Waals surface area contributed by atoms with Gasteiger partial charge in [0.15, 0.2) is 5.82 Å². The second-order valence-electron chi connectivity index (χ2n) is 8.63. The average molecular weight is 427 g/mol. The van der Waals surface area contributed by atoms with Crippen LogP contribution in [0.2, 0.25) is 0 Å². The molecule has 0 unspecified atom stereocenters. The standard InChI is InChI=1S/C23H34N6O2/c1-2-31-21-11-9-20(10-12-21)29-22(24-25-26-29)18-27-14-16-28(17-15-27)23(30)13-8-19-6-4-3-5-7-19/h9-12,19H,2-8,13-18H2,1H3. The smallest absolute Gasteiger partial charge is 0.222 e. The molecule has 1 aromatic heterocycles. The van der Waals surface area contributed by atoms with Gasteiger partial charge in [0.2, 0.25) is 5.91 Å². The molecule has 4 rings (SSSR count). The number of amides is 1. The maximum atomic E-state index is 12.6. The van der Waals surface area contributed by atoms with Gasteiger partial charge in [-0.2, -0.15) is 4.68 Å². The van der Waals surface area contributed by atoms with Crippen LogP contribution in [0.4, 0.5) is 0 Å². The minimum absolute atomic E-state index is 0.324. The number of ether oxygens (including phenoxy) is 1. The van der Waals surface area contributed by atoms with Crippen molar-refractivity contribution in [1.82, 2.24) is 30.0 Å². The summed E-state index contributed by atoms with van der Waals surface area (Å²) in [5.74, 6) is 2.73. The molecule has 1 aliphatic carbocycles. The van der Waals surface area contributed by atoms with Crippen LogP contribution in [0, 0.1) is 5.92 Å². The number of rotatable bonds is 8. The molecule has 2 fully saturated rings. The first kappa shape index (κ1) is 21.7. The predicted molar refractivity (Wildman–Crippen MR) is 118 cm³/mol. The molecule has 1 aliphatic heterocycles. The molecular formula is C23H34N6O2. The van der Waals surface area contributed by atoms with Gasteiger partial charge in [-0.25, -0.2) is 0 Å². The van der Waals surface area contributed by atoms with Crippen molar-refractivity contribution in [2.24, 2.45) is 5.92 Å². The molecule has 1 saturated carbocycles. The van der Waals surface area contributed by atoms with E-state index in [1.54, 1.807) is 4.68 Å². The van der Waals surface area contributed by atoms with Crippen LogP contribution in [0.15, 0.2) is 24.3 Å². The molecule has 8 nitrogen and oxygen atoms in total. The Morgan fingerprint density at radius 2 is 1.81 bits per heavy atom. The third kappa shape index (κ3) is 5.81. The molecule has 0 bridgehead atoms. The first-order valence-electron chi connectivity index (χ1n) is 11.7. The highest BCUT2D eigenvalue weighted by molar-refractivity contribution is 5.76. The fourth-order valence-corrected chi connectivity index (χ4v) is 4.67. The van der Waals surface area contributed by atoms with Crippen molar-refractivity contribution < 1.29 is 9.53 Å². The maximum absolute atomic E-state index is 12.6. The highest BCUT2D eigenvalue weighted by atomic mass is 16.5. The molecule has 8 heteroatoms. The fourth-order valence-electron chi connectivity index (χ4n) is 4.67. The summed E-state index contributed by atoms with van der Waals surface area (Å²) in [4.78, 5) is 17.0. The number of hydrogen-bond donors (Lipinski definition) is 0. The molecule has 1 aromatic carbocycles. The van der Waals surface area contributed by atoms with Gasteiger partial charge in [0.25, 0.3) is 0 Å². The Balaban J connectivity index is 1.25. The largest absolute Gasteiger partial charge is 0.494 e. The highest BCUT2D eigenvalue weighted by Crippen LogP contribution is 2.27. The van der Waals surface area contributed by atoms with Crippen molar-refractivity contribution >= 4 is 5.91 Å². The molecule has 31 heavy (non-hydrogen) atoms. The van der Waals surface area contributed by atoms with Crippen LogP contribution in [-0.4, -0.2) is 68.7 Å². The number of nitrogens with zero attached hydrogens (tertiary/aromatic N) is 6. The number of carbonyl (C=O) groups excluding carboxylic acids is 1. The Labute approximate surface area is 184 Å². The molecule has 0 spiro atoms. The molecule has 168 valence electrons. The summed E-state index contributed by atoms with van der Waals surface area (Å²) < 4.78 is 7.28. The molecular weight excluding hydrogens is 392 g/mol. The minimum Gasteiger partial charge on any atom is -0.494 e. The van der Waals surface area contributed by atoms with Gasteiger partial charge in [0, 0.05) is 32.6 Å². The SMILES string of the molecule is CCOc1ccc(-n2nnnc2CN2CCN(C(=O)CCC3CCCCC3)CC2)cc1. The van der Waals surface area contributed by atoms with Gasteiger partial charge in [-0.05, 0) is 54.0 Å². The summed E-state index contributed by atoms with van der Waals surface area (Å²) in [7, 11) is 0. The van der Waals surface area contributed by atoms with Gasteiger partial charge >= 0.3 is 0 Å². The summed E-state index contributed by atoms with van der Waals surface area (Å²) in [5.41, 5.74) is 0.917. The van der Waals surface area contributed by atoms with E-state index in [0.29, 0.717) is 25.5 Å². The van der Waals surface area contributed by atoms with Crippen molar-refractivity contribution in [3.05, 3.63) is 30.1 Å². The van der Waals surface area contributed by atoms with Crippen molar-refractivity contribution in [2.75, 3.05) is 32.8 Å². The first-order chi connectivity index (χ1) is 15.2. The molecule has 2 aromatic rings. The zero-order chi connectivity index (χ0) is 21.5. The summed E-state index contributed by atoms with van der Waals surface area (Å²) >= 11 is 0. The monoisotopic (exact) mass is 426 g/mol. The van der Waals surface area contributed by atoms with Gasteiger partial charge in [-0.3, -0.25) is 9.69 Å². The molecule has 1 saturated heterocycles. The van der Waals surface area contributed by atoms with Crippen molar-refractivity contribution in [1.29, 1.82) is 0 Å². The number of piperazine rings is 1. The van der Waals surface area contributed by atoms with Crippen LogP contribution in [0.25, 0.3) is 5.69 Å². The van der Waals surface area contributed by atoms with Crippen LogP contribution in [0.1, 0.15) is 57.7 Å². The normalized spacial score (nSPS) is 18.3. The fraction of sp³-hybridized carbons (Fsp3) is 0.652. The number of hydrogen-bond acceptors (Lipinski definition) is 6. The molecule has 2 heterocycles. The lowest BCUT2D eigenvalue weighted by atomic mass is 9.86. The lowest BCUT2D eigenvalue weighted by Crippen LogP contribution is -2.48. The first-order valence-corrected chi connectivity index (χ1v) is 11.7. The zero-order valence-electron chi connectivity index (χ0n) is 18.6. The number of tetrazole rings is 1. The van der Waals surface area contributed by atoms with Crippen LogP contribution < -0.4 is 4.74 Å². The molecule has 0 atom stereocenters. The van der Waals surface area contributed by atoms with E-state index in [4.69, 9.17) is 4.74 Å². The van der Waals surface area contributed by atoms with Crippen LogP contribution in [-0.2, 0) is 11.3 Å². The van der Waals surface area contributed by atoms with E-state index in [0.717, 1.165) is 55.8 Å². The van der Waals surface area contributed by atoms with Gasteiger partial charge in [0.1, 0.15) is 5.75 Å². The van der Waals surface area contributed by atoms with E-state index in [9.17, 15) is 4.79 Å². The molecule has 2 aliphatic rings. The van der Waals surface area contributed by atoms with E-state index in [1.165, 1.54) is 32.1 Å². The maximum Gasteiger partial charge on any atom is 0.222 e. The van der Waals surface area contributed by atoms with E-state index in [2.05, 4.69) is 20.4 Å². The quantitative estimate of drug-likeness (QED) is 0.646. The number of aromatic nitrogens is 4. The zero-order valence-corrected chi connectivity index (χ0v) is 18.6. The van der Waals surface area contributed by atoms with Crippen LogP contribution >= 0.6 is 0 Å². The lowest BCUT2D eigenvalue weighted by molar-refractivity contribution is -0.133. The third-order valence-electron chi connectivity index (χ3n) is 6.51. The van der Waals surface area contributed by atoms with Crippen molar-refractivity contribution in [3.8, 4) is 11.4 Å². The second kappa shape index (κ2) is 10.7. The van der Waals surface area contributed by atoms with Crippen molar-refractivity contribution in [2.45, 2.75) is 58.4 Å². The number of benzene rings is 1. The summed E-state index contributed by atoms with van der Waals surface area (Å²) in [6.45, 7) is 6.56.